The molecular formula is C21H32O2. The van der Waals surface area contributed by atoms with E-state index >= 15 is 0 Å². The normalized spacial score (nSPS) is 11.2. The van der Waals surface area contributed by atoms with Crippen molar-refractivity contribution in [3.8, 4) is 11.5 Å². The highest BCUT2D eigenvalue weighted by Gasteiger charge is 2.08. The summed E-state index contributed by atoms with van der Waals surface area (Å²) in [7, 11) is 0. The Hall–Kier alpha value is -1.96. The van der Waals surface area contributed by atoms with E-state index in [0.717, 1.165) is 31.1 Å². The summed E-state index contributed by atoms with van der Waals surface area (Å²) in [6.07, 6.45) is 0.966. The van der Waals surface area contributed by atoms with Crippen LogP contribution in [0, 0.1) is 13.8 Å². The van der Waals surface area contributed by atoms with Crippen LogP contribution >= 0.6 is 0 Å². The second-order valence-electron chi connectivity index (χ2n) is 4.66. The highest BCUT2D eigenvalue weighted by atomic mass is 16.5. The van der Waals surface area contributed by atoms with Crippen molar-refractivity contribution in [1.29, 1.82) is 0 Å². The van der Waals surface area contributed by atoms with Crippen LogP contribution in [0.25, 0.3) is 0 Å². The van der Waals surface area contributed by atoms with Gasteiger partial charge in [0.15, 0.2) is 11.5 Å². The summed E-state index contributed by atoms with van der Waals surface area (Å²) in [5.74, 6) is 1.76. The Bertz CT molecular complexity index is 507. The molecule has 2 heteroatoms. The van der Waals surface area contributed by atoms with Gasteiger partial charge in [0.05, 0.1) is 13.2 Å². The number of aryl methyl sites for hydroxylation is 2. The third kappa shape index (κ3) is 8.92. The van der Waals surface area contributed by atoms with Gasteiger partial charge in [-0.1, -0.05) is 69.7 Å². The van der Waals surface area contributed by atoms with Crippen molar-refractivity contribution in [2.45, 2.75) is 48.0 Å². The molecule has 0 fully saturated rings. The summed E-state index contributed by atoms with van der Waals surface area (Å²) in [6, 6.07) is 16.3. The van der Waals surface area contributed by atoms with Gasteiger partial charge in [0, 0.05) is 6.42 Å². The minimum absolute atomic E-state index is 0.760. The van der Waals surface area contributed by atoms with Gasteiger partial charge in [0.25, 0.3) is 0 Å². The van der Waals surface area contributed by atoms with Gasteiger partial charge in [-0.05, 0) is 31.5 Å². The third-order valence-electron chi connectivity index (χ3n) is 2.84. The molecular weight excluding hydrogens is 284 g/mol. The van der Waals surface area contributed by atoms with Crippen LogP contribution in [0.4, 0.5) is 0 Å². The first-order chi connectivity index (χ1) is 11.3. The van der Waals surface area contributed by atoms with Crippen LogP contribution in [0.3, 0.4) is 0 Å². The molecule has 1 aliphatic heterocycles. The second kappa shape index (κ2) is 13.7. The molecule has 0 bridgehead atoms. The number of hydrogen-bond donors (Lipinski definition) is 0. The first kappa shape index (κ1) is 21.0. The molecule has 0 saturated heterocycles. The minimum atomic E-state index is 0.760. The fourth-order valence-corrected chi connectivity index (χ4v) is 1.80. The quantitative estimate of drug-likeness (QED) is 0.575. The average Bonchev–Trinajstić information content (AvgIpc) is 2.84. The van der Waals surface area contributed by atoms with Crippen LogP contribution in [-0.4, -0.2) is 13.2 Å². The molecule has 0 atom stereocenters. The summed E-state index contributed by atoms with van der Waals surface area (Å²) in [5.41, 5.74) is 2.53. The monoisotopic (exact) mass is 316 g/mol. The standard InChI is InChI=1S/C10H12O2.C7H8.2C2H6/c1-8-3-4-9-10(7-8)12-6-2-5-11-9;1-7-5-3-2-4-6-7;2*1-2/h3-4,7H,2,5-6H2,1H3;2-6H,1H3;2*1-2H3. The number of ether oxygens (including phenoxy) is 2. The minimum Gasteiger partial charge on any atom is -0.490 e. The van der Waals surface area contributed by atoms with Crippen LogP contribution in [0.1, 0.15) is 45.2 Å². The molecule has 128 valence electrons. The van der Waals surface area contributed by atoms with Gasteiger partial charge in [0.2, 0.25) is 0 Å². The predicted molar refractivity (Wildman–Crippen MR) is 101 cm³/mol. The number of fused-ring (bicyclic) bond motifs is 1. The Balaban J connectivity index is 0.000000377. The van der Waals surface area contributed by atoms with Crippen molar-refractivity contribution in [2.75, 3.05) is 13.2 Å². The van der Waals surface area contributed by atoms with E-state index in [1.165, 1.54) is 11.1 Å². The maximum absolute atomic E-state index is 5.50. The first-order valence-corrected chi connectivity index (χ1v) is 8.63. The molecule has 0 N–H and O–H groups in total. The largest absolute Gasteiger partial charge is 0.490 e. The zero-order valence-corrected chi connectivity index (χ0v) is 15.6. The van der Waals surface area contributed by atoms with Crippen LogP contribution in [0.2, 0.25) is 0 Å². The molecule has 3 rings (SSSR count). The molecule has 0 aliphatic carbocycles. The Morgan fingerprint density at radius 2 is 1.22 bits per heavy atom. The van der Waals surface area contributed by atoms with E-state index in [4.69, 9.17) is 9.47 Å². The second-order valence-corrected chi connectivity index (χ2v) is 4.66. The van der Waals surface area contributed by atoms with Crippen LogP contribution in [-0.2, 0) is 0 Å². The van der Waals surface area contributed by atoms with Gasteiger partial charge in [-0.2, -0.15) is 0 Å². The van der Waals surface area contributed by atoms with E-state index in [1.807, 2.05) is 64.1 Å². The van der Waals surface area contributed by atoms with Crippen molar-refractivity contribution in [3.05, 3.63) is 59.7 Å². The van der Waals surface area contributed by atoms with Crippen molar-refractivity contribution >= 4 is 0 Å². The molecule has 2 aromatic rings. The van der Waals surface area contributed by atoms with Gasteiger partial charge in [0.1, 0.15) is 0 Å². The molecule has 0 saturated carbocycles. The molecule has 1 heterocycles. The summed E-state index contributed by atoms with van der Waals surface area (Å²) >= 11 is 0. The Kier molecular flexibility index (Phi) is 12.5. The Labute approximate surface area is 142 Å². The fraction of sp³-hybridized carbons (Fsp3) is 0.429. The highest BCUT2D eigenvalue weighted by Crippen LogP contribution is 2.29. The molecule has 0 spiro atoms. The number of hydrogen-bond acceptors (Lipinski definition) is 2. The molecule has 0 aromatic heterocycles. The number of rotatable bonds is 0. The van der Waals surface area contributed by atoms with E-state index < -0.39 is 0 Å². The van der Waals surface area contributed by atoms with Crippen LogP contribution in [0.5, 0.6) is 11.5 Å². The van der Waals surface area contributed by atoms with E-state index in [9.17, 15) is 0 Å². The van der Waals surface area contributed by atoms with Crippen molar-refractivity contribution in [2.24, 2.45) is 0 Å². The van der Waals surface area contributed by atoms with Gasteiger partial charge >= 0.3 is 0 Å². The van der Waals surface area contributed by atoms with Gasteiger partial charge in [-0.15, -0.1) is 0 Å². The van der Waals surface area contributed by atoms with E-state index in [0.29, 0.717) is 0 Å². The predicted octanol–water partition coefficient (Wildman–Crippen LogP) is 6.20. The molecule has 0 radical (unpaired) electrons. The molecule has 0 amide bonds. The van der Waals surface area contributed by atoms with E-state index in [2.05, 4.69) is 26.0 Å². The fourth-order valence-electron chi connectivity index (χ4n) is 1.80. The van der Waals surface area contributed by atoms with Crippen LogP contribution in [0.15, 0.2) is 48.5 Å². The van der Waals surface area contributed by atoms with Gasteiger partial charge in [-0.25, -0.2) is 0 Å². The lowest BCUT2D eigenvalue weighted by Crippen LogP contribution is -1.97. The topological polar surface area (TPSA) is 18.5 Å². The summed E-state index contributed by atoms with van der Waals surface area (Å²) in [6.45, 7) is 13.7. The summed E-state index contributed by atoms with van der Waals surface area (Å²) in [5, 5.41) is 0. The lowest BCUT2D eigenvalue weighted by atomic mass is 10.2. The molecule has 2 nitrogen and oxygen atoms in total. The van der Waals surface area contributed by atoms with Gasteiger partial charge < -0.3 is 9.47 Å². The lowest BCUT2D eigenvalue weighted by Gasteiger charge is -2.06. The van der Waals surface area contributed by atoms with Crippen molar-refractivity contribution in [3.63, 3.8) is 0 Å². The molecule has 2 aromatic carbocycles. The smallest absolute Gasteiger partial charge is 0.161 e. The maximum atomic E-state index is 5.50. The highest BCUT2D eigenvalue weighted by molar-refractivity contribution is 5.42. The average molecular weight is 316 g/mol. The number of benzene rings is 2. The SMILES string of the molecule is CC.CC.Cc1ccc2c(c1)OCCCO2.Cc1ccccc1. The van der Waals surface area contributed by atoms with Gasteiger partial charge in [-0.3, -0.25) is 0 Å². The van der Waals surface area contributed by atoms with E-state index in [1.54, 1.807) is 0 Å². The zero-order chi connectivity index (χ0) is 17.5. The summed E-state index contributed by atoms with van der Waals surface area (Å²) in [4.78, 5) is 0. The molecule has 1 aliphatic rings. The zero-order valence-electron chi connectivity index (χ0n) is 15.6. The first-order valence-electron chi connectivity index (χ1n) is 8.63. The van der Waals surface area contributed by atoms with E-state index in [-0.39, 0.29) is 0 Å². The third-order valence-corrected chi connectivity index (χ3v) is 2.84. The van der Waals surface area contributed by atoms with Crippen LogP contribution < -0.4 is 9.47 Å². The Morgan fingerprint density at radius 1 is 0.652 bits per heavy atom. The molecule has 0 unspecified atom stereocenters. The maximum Gasteiger partial charge on any atom is 0.161 e. The van der Waals surface area contributed by atoms with Crippen molar-refractivity contribution in [1.82, 2.24) is 0 Å². The Morgan fingerprint density at radius 3 is 1.74 bits per heavy atom. The lowest BCUT2D eigenvalue weighted by molar-refractivity contribution is 0.297. The molecule has 23 heavy (non-hydrogen) atoms. The van der Waals surface area contributed by atoms with Crippen molar-refractivity contribution < 1.29 is 9.47 Å². The summed E-state index contributed by atoms with van der Waals surface area (Å²) < 4.78 is 11.0.